The molecule has 4 heteroatoms. The Kier molecular flexibility index (Phi) is 3.69. The van der Waals surface area contributed by atoms with Crippen molar-refractivity contribution in [1.82, 2.24) is 4.90 Å². The van der Waals surface area contributed by atoms with E-state index < -0.39 is 0 Å². The zero-order valence-electron chi connectivity index (χ0n) is 7.45. The van der Waals surface area contributed by atoms with Crippen LogP contribution in [0.25, 0.3) is 6.08 Å². The summed E-state index contributed by atoms with van der Waals surface area (Å²) in [6, 6.07) is 1.98. The quantitative estimate of drug-likeness (QED) is 0.748. The fourth-order valence-electron chi connectivity index (χ4n) is 0.718. The van der Waals surface area contributed by atoms with Crippen LogP contribution in [0.15, 0.2) is 22.0 Å². The highest BCUT2D eigenvalue weighted by Crippen LogP contribution is 2.20. The number of nitrogens with zero attached hydrogens (tertiary/aromatic N) is 1. The van der Waals surface area contributed by atoms with Gasteiger partial charge < -0.3 is 4.90 Å². The normalized spacial score (nSPS) is 10.7. The molecule has 0 aliphatic carbocycles. The molecular formula is C9H10BrNOS. The third-order valence-corrected chi connectivity index (χ3v) is 3.08. The van der Waals surface area contributed by atoms with Crippen molar-refractivity contribution in [1.29, 1.82) is 0 Å². The lowest BCUT2D eigenvalue weighted by Crippen LogP contribution is -2.18. The summed E-state index contributed by atoms with van der Waals surface area (Å²) in [5, 5.41) is 1.99. The van der Waals surface area contributed by atoms with Gasteiger partial charge in [0.2, 0.25) is 5.91 Å². The summed E-state index contributed by atoms with van der Waals surface area (Å²) in [4.78, 5) is 13.8. The highest BCUT2D eigenvalue weighted by Gasteiger charge is 1.97. The molecule has 0 spiro atoms. The van der Waals surface area contributed by atoms with Gasteiger partial charge in [-0.3, -0.25) is 4.79 Å². The molecule has 0 saturated heterocycles. The largest absolute Gasteiger partial charge is 0.345 e. The molecule has 1 aromatic heterocycles. The van der Waals surface area contributed by atoms with Crippen LogP contribution in [0.3, 0.4) is 0 Å². The molecule has 0 aliphatic heterocycles. The van der Waals surface area contributed by atoms with Crippen LogP contribution in [0.2, 0.25) is 0 Å². The van der Waals surface area contributed by atoms with Gasteiger partial charge in [-0.05, 0) is 28.1 Å². The van der Waals surface area contributed by atoms with E-state index in [1.54, 1.807) is 36.4 Å². The molecule has 0 fully saturated rings. The molecule has 0 aliphatic rings. The first-order valence-electron chi connectivity index (χ1n) is 3.73. The number of carbonyl (C=O) groups is 1. The number of thiophene rings is 1. The summed E-state index contributed by atoms with van der Waals surface area (Å²) in [5.74, 6) is 0.00419. The van der Waals surface area contributed by atoms with E-state index in [1.165, 1.54) is 0 Å². The van der Waals surface area contributed by atoms with Crippen LogP contribution in [0, 0.1) is 0 Å². The minimum absolute atomic E-state index is 0.00419. The molecule has 2 nitrogen and oxygen atoms in total. The van der Waals surface area contributed by atoms with E-state index in [1.807, 2.05) is 17.5 Å². The van der Waals surface area contributed by atoms with Gasteiger partial charge >= 0.3 is 0 Å². The molecule has 0 unspecified atom stereocenters. The number of likely N-dealkylation sites (N-methyl/N-ethyl adjacent to an activating group) is 1. The molecule has 1 heterocycles. The average molecular weight is 260 g/mol. The van der Waals surface area contributed by atoms with E-state index in [2.05, 4.69) is 15.9 Å². The van der Waals surface area contributed by atoms with Crippen LogP contribution in [0.4, 0.5) is 0 Å². The number of rotatable bonds is 2. The second-order valence-electron chi connectivity index (χ2n) is 2.73. The van der Waals surface area contributed by atoms with Gasteiger partial charge in [0.05, 0.1) is 0 Å². The van der Waals surface area contributed by atoms with Crippen LogP contribution in [0.5, 0.6) is 0 Å². The Morgan fingerprint density at radius 2 is 2.31 bits per heavy atom. The first kappa shape index (κ1) is 10.5. The van der Waals surface area contributed by atoms with Crippen molar-refractivity contribution in [2.24, 2.45) is 0 Å². The highest BCUT2D eigenvalue weighted by atomic mass is 79.9. The highest BCUT2D eigenvalue weighted by molar-refractivity contribution is 9.10. The Morgan fingerprint density at radius 3 is 2.77 bits per heavy atom. The number of amides is 1. The predicted molar refractivity (Wildman–Crippen MR) is 59.7 cm³/mol. The fraction of sp³-hybridized carbons (Fsp3) is 0.222. The van der Waals surface area contributed by atoms with Crippen molar-refractivity contribution in [3.8, 4) is 0 Å². The van der Waals surface area contributed by atoms with Crippen molar-refractivity contribution in [2.75, 3.05) is 14.1 Å². The van der Waals surface area contributed by atoms with Crippen LogP contribution in [0.1, 0.15) is 4.88 Å². The maximum Gasteiger partial charge on any atom is 0.246 e. The van der Waals surface area contributed by atoms with Crippen molar-refractivity contribution in [3.63, 3.8) is 0 Å². The predicted octanol–water partition coefficient (Wildman–Crippen LogP) is 2.61. The molecule has 13 heavy (non-hydrogen) atoms. The Labute approximate surface area is 90.0 Å². The zero-order valence-corrected chi connectivity index (χ0v) is 9.85. The van der Waals surface area contributed by atoms with Crippen LogP contribution >= 0.6 is 27.3 Å². The molecule has 70 valence electrons. The summed E-state index contributed by atoms with van der Waals surface area (Å²) in [7, 11) is 3.47. The van der Waals surface area contributed by atoms with E-state index in [4.69, 9.17) is 0 Å². The van der Waals surface area contributed by atoms with Crippen molar-refractivity contribution in [2.45, 2.75) is 0 Å². The zero-order chi connectivity index (χ0) is 9.84. The first-order chi connectivity index (χ1) is 6.09. The van der Waals surface area contributed by atoms with E-state index >= 15 is 0 Å². The molecule has 1 amide bonds. The van der Waals surface area contributed by atoms with E-state index in [0.717, 1.165) is 9.35 Å². The monoisotopic (exact) mass is 259 g/mol. The summed E-state index contributed by atoms with van der Waals surface area (Å²) in [6.45, 7) is 0. The van der Waals surface area contributed by atoms with Crippen molar-refractivity contribution < 1.29 is 4.79 Å². The minimum atomic E-state index is 0.00419. The van der Waals surface area contributed by atoms with Gasteiger partial charge in [0.25, 0.3) is 0 Å². The molecule has 0 aromatic carbocycles. The topological polar surface area (TPSA) is 20.3 Å². The van der Waals surface area contributed by atoms with Crippen LogP contribution in [-0.2, 0) is 4.79 Å². The first-order valence-corrected chi connectivity index (χ1v) is 5.40. The van der Waals surface area contributed by atoms with Gasteiger partial charge in [0.15, 0.2) is 0 Å². The number of halogens is 1. The lowest BCUT2D eigenvalue weighted by molar-refractivity contribution is -0.123. The van der Waals surface area contributed by atoms with Gasteiger partial charge in [-0.25, -0.2) is 0 Å². The summed E-state index contributed by atoms with van der Waals surface area (Å²) < 4.78 is 1.05. The Hall–Kier alpha value is -0.610. The molecule has 0 atom stereocenters. The number of hydrogen-bond donors (Lipinski definition) is 0. The van der Waals surface area contributed by atoms with E-state index in [9.17, 15) is 4.79 Å². The Bertz CT molecular complexity index is 330. The van der Waals surface area contributed by atoms with Gasteiger partial charge in [0, 0.05) is 34.9 Å². The summed E-state index contributed by atoms with van der Waals surface area (Å²) in [6.07, 6.45) is 3.38. The average Bonchev–Trinajstić information content (AvgIpc) is 2.47. The minimum Gasteiger partial charge on any atom is -0.345 e. The van der Waals surface area contributed by atoms with Crippen LogP contribution in [-0.4, -0.2) is 24.9 Å². The van der Waals surface area contributed by atoms with Gasteiger partial charge in [0.1, 0.15) is 0 Å². The molecule has 0 bridgehead atoms. The SMILES string of the molecule is CN(C)C(=O)/C=C/c1cc(Br)cs1. The maximum atomic E-state index is 11.2. The molecule has 0 saturated carbocycles. The maximum absolute atomic E-state index is 11.2. The summed E-state index contributed by atoms with van der Waals surface area (Å²) in [5.41, 5.74) is 0. The number of carbonyl (C=O) groups excluding carboxylic acids is 1. The van der Waals surface area contributed by atoms with Crippen LogP contribution < -0.4 is 0 Å². The van der Waals surface area contributed by atoms with Crippen molar-refractivity contribution >= 4 is 39.2 Å². The lowest BCUT2D eigenvalue weighted by atomic mass is 10.4. The second-order valence-corrected chi connectivity index (χ2v) is 4.59. The van der Waals surface area contributed by atoms with Gasteiger partial charge in [-0.1, -0.05) is 0 Å². The molecule has 0 radical (unpaired) electrons. The Balaban J connectivity index is 2.64. The summed E-state index contributed by atoms with van der Waals surface area (Å²) >= 11 is 4.95. The van der Waals surface area contributed by atoms with E-state index in [0.29, 0.717) is 0 Å². The standard InChI is InChI=1S/C9H10BrNOS/c1-11(2)9(12)4-3-8-5-7(10)6-13-8/h3-6H,1-2H3/b4-3+. The van der Waals surface area contributed by atoms with Crippen molar-refractivity contribution in [3.05, 3.63) is 26.9 Å². The van der Waals surface area contributed by atoms with E-state index in [-0.39, 0.29) is 5.91 Å². The molecule has 1 rings (SSSR count). The molecule has 1 aromatic rings. The van der Waals surface area contributed by atoms with Gasteiger partial charge in [-0.2, -0.15) is 0 Å². The van der Waals surface area contributed by atoms with Gasteiger partial charge in [-0.15, -0.1) is 11.3 Å². The lowest BCUT2D eigenvalue weighted by Gasteiger charge is -2.04. The second kappa shape index (κ2) is 4.58. The third-order valence-electron chi connectivity index (χ3n) is 1.42. The third kappa shape index (κ3) is 3.32. The number of hydrogen-bond acceptors (Lipinski definition) is 2. The Morgan fingerprint density at radius 1 is 1.62 bits per heavy atom. The molecular weight excluding hydrogens is 250 g/mol. The molecule has 0 N–H and O–H groups in total. The fourth-order valence-corrected chi connectivity index (χ4v) is 2.06. The smallest absolute Gasteiger partial charge is 0.246 e.